The predicted molar refractivity (Wildman–Crippen MR) is 360 cm³/mol. The molecule has 0 saturated carbocycles. The first-order valence-electron chi connectivity index (χ1n) is 30.6. The van der Waals surface area contributed by atoms with E-state index in [0.717, 1.165) is 102 Å². The van der Waals surface area contributed by atoms with Gasteiger partial charge in [0.1, 0.15) is 11.2 Å². The molecule has 0 aliphatic rings. The Morgan fingerprint density at radius 2 is 0.655 bits per heavy atom. The monoisotopic (exact) mass is 1090 g/mol. The van der Waals surface area contributed by atoms with Gasteiger partial charge in [-0.2, -0.15) is 0 Å². The first-order valence-corrected chi connectivity index (χ1v) is 30.6. The fraction of sp³-hybridized carbons (Fsp3) is 0.200. The molecule has 0 bridgehead atoms. The van der Waals surface area contributed by atoms with Gasteiger partial charge in [-0.3, -0.25) is 0 Å². The van der Waals surface area contributed by atoms with E-state index in [1.807, 2.05) is 0 Å². The Labute approximate surface area is 493 Å². The summed E-state index contributed by atoms with van der Waals surface area (Å²) >= 11 is 0. The zero-order valence-corrected chi connectivity index (χ0v) is 50.1. The summed E-state index contributed by atoms with van der Waals surface area (Å²) in [6.07, 6.45) is 1.86. The Hall–Kier alpha value is -9.12. The molecule has 0 saturated heterocycles. The Kier molecular flexibility index (Phi) is 13.2. The van der Waals surface area contributed by atoms with E-state index in [0.29, 0.717) is 11.8 Å². The third-order valence-corrected chi connectivity index (χ3v) is 18.1. The largest absolute Gasteiger partial charge is 0.453 e. The number of anilines is 6. The smallest absolute Gasteiger partial charge is 0.159 e. The summed E-state index contributed by atoms with van der Waals surface area (Å²) in [5, 5.41) is 11.9. The van der Waals surface area contributed by atoms with Gasteiger partial charge in [0.15, 0.2) is 11.2 Å². The zero-order valence-electron chi connectivity index (χ0n) is 50.1. The first kappa shape index (κ1) is 52.9. The molecule has 4 nitrogen and oxygen atoms in total. The Morgan fingerprint density at radius 3 is 1.05 bits per heavy atom. The summed E-state index contributed by atoms with van der Waals surface area (Å²) in [6.45, 7) is 23.0. The van der Waals surface area contributed by atoms with Crippen molar-refractivity contribution in [2.45, 2.75) is 106 Å². The molecule has 2 aromatic heterocycles. The maximum absolute atomic E-state index is 7.40. The van der Waals surface area contributed by atoms with E-state index in [2.05, 4.69) is 285 Å². The number of benzene rings is 12. The maximum atomic E-state index is 7.40. The molecule has 4 heteroatoms. The summed E-state index contributed by atoms with van der Waals surface area (Å²) in [4.78, 5) is 5.02. The number of aryl methyl sites for hydroxylation is 2. The summed E-state index contributed by atoms with van der Waals surface area (Å²) < 4.78 is 14.8. The fourth-order valence-electron chi connectivity index (χ4n) is 13.8. The Balaban J connectivity index is 1.08. The molecule has 14 aromatic rings. The molecule has 0 atom stereocenters. The number of rotatable bonds is 14. The third-order valence-electron chi connectivity index (χ3n) is 18.1. The molecule has 0 N–H and O–H groups in total. The van der Waals surface area contributed by atoms with Gasteiger partial charge in [-0.15, -0.1) is 0 Å². The van der Waals surface area contributed by atoms with Crippen molar-refractivity contribution >= 4 is 110 Å². The predicted octanol–water partition coefficient (Wildman–Crippen LogP) is 24.3. The van der Waals surface area contributed by atoms with Crippen molar-refractivity contribution in [1.29, 1.82) is 0 Å². The van der Waals surface area contributed by atoms with Crippen molar-refractivity contribution in [1.82, 2.24) is 0 Å². The molecule has 0 spiro atoms. The molecule has 414 valence electrons. The highest BCUT2D eigenvalue weighted by atomic mass is 16.3. The number of furan rings is 2. The molecule has 0 aliphatic carbocycles. The Morgan fingerprint density at radius 1 is 0.298 bits per heavy atom. The van der Waals surface area contributed by atoms with Crippen molar-refractivity contribution in [3.05, 3.63) is 240 Å². The quantitative estimate of drug-likeness (QED) is 0.102. The van der Waals surface area contributed by atoms with Gasteiger partial charge in [0.05, 0.1) is 22.7 Å². The van der Waals surface area contributed by atoms with Crippen LogP contribution in [-0.4, -0.2) is 0 Å². The third kappa shape index (κ3) is 8.47. The first-order chi connectivity index (χ1) is 40.9. The van der Waals surface area contributed by atoms with Crippen LogP contribution < -0.4 is 9.80 Å². The second kappa shape index (κ2) is 20.9. The molecular weight excluding hydrogens is 1020 g/mol. The lowest BCUT2D eigenvalue weighted by molar-refractivity contribution is 0.669. The van der Waals surface area contributed by atoms with Crippen LogP contribution in [0.4, 0.5) is 34.1 Å². The van der Waals surface area contributed by atoms with Crippen LogP contribution in [0, 0.1) is 0 Å². The normalized spacial score (nSPS) is 12.2. The number of hydrogen-bond donors (Lipinski definition) is 0. The van der Waals surface area contributed by atoms with Crippen molar-refractivity contribution < 1.29 is 8.83 Å². The SMILES string of the molecule is CCc1ccccc1-c1cccc2c1oc1c(N(c3cccc(C(C)C)c3)c3cc(C(C)C)c4ccc5c(N(c6cccc(C(C)C)c6)c6cccc7c6oc6c(-c8ccccc8CC)cccc67)cc(C(C)C)c6ccc3c4c65)cccc12. The summed E-state index contributed by atoms with van der Waals surface area (Å²) in [7, 11) is 0. The number of hydrogen-bond acceptors (Lipinski definition) is 4. The fourth-order valence-corrected chi connectivity index (χ4v) is 13.8. The Bertz CT molecular complexity index is 4550. The number of nitrogens with zero attached hydrogens (tertiary/aromatic N) is 2. The van der Waals surface area contributed by atoms with Gasteiger partial charge in [-0.05, 0) is 151 Å². The van der Waals surface area contributed by atoms with Crippen LogP contribution in [0.1, 0.15) is 126 Å². The van der Waals surface area contributed by atoms with Crippen LogP contribution in [0.25, 0.3) is 98.4 Å². The van der Waals surface area contributed by atoms with Gasteiger partial charge in [0.25, 0.3) is 0 Å². The molecule has 14 rings (SSSR count). The van der Waals surface area contributed by atoms with Crippen molar-refractivity contribution in [2.24, 2.45) is 0 Å². The molecule has 0 fully saturated rings. The van der Waals surface area contributed by atoms with Crippen LogP contribution >= 0.6 is 0 Å². The van der Waals surface area contributed by atoms with Crippen LogP contribution in [0.3, 0.4) is 0 Å². The zero-order chi connectivity index (χ0) is 57.7. The highest BCUT2D eigenvalue weighted by Crippen LogP contribution is 2.54. The second-order valence-corrected chi connectivity index (χ2v) is 24.4. The lowest BCUT2D eigenvalue weighted by Gasteiger charge is -2.32. The van der Waals surface area contributed by atoms with E-state index in [9.17, 15) is 0 Å². The van der Waals surface area contributed by atoms with Gasteiger partial charge in [-0.1, -0.05) is 227 Å². The maximum Gasteiger partial charge on any atom is 0.159 e. The van der Waals surface area contributed by atoms with E-state index in [-0.39, 0.29) is 11.8 Å². The summed E-state index contributed by atoms with van der Waals surface area (Å²) in [6, 6.07) is 77.2. The van der Waals surface area contributed by atoms with E-state index in [1.54, 1.807) is 0 Å². The van der Waals surface area contributed by atoms with E-state index in [4.69, 9.17) is 8.83 Å². The van der Waals surface area contributed by atoms with Gasteiger partial charge in [-0.25, -0.2) is 0 Å². The highest BCUT2D eigenvalue weighted by Gasteiger charge is 2.30. The molecule has 0 aliphatic heterocycles. The molecule has 84 heavy (non-hydrogen) atoms. The second-order valence-electron chi connectivity index (χ2n) is 24.4. The summed E-state index contributed by atoms with van der Waals surface area (Å²) in [5.41, 5.74) is 22.4. The number of para-hydroxylation sites is 4. The lowest BCUT2D eigenvalue weighted by Crippen LogP contribution is -2.13. The van der Waals surface area contributed by atoms with Gasteiger partial charge >= 0.3 is 0 Å². The van der Waals surface area contributed by atoms with E-state index in [1.165, 1.54) is 76.8 Å². The molecule has 0 unspecified atom stereocenters. The highest BCUT2D eigenvalue weighted by molar-refractivity contribution is 6.30. The molecule has 0 radical (unpaired) electrons. The minimum Gasteiger partial charge on any atom is -0.453 e. The molecule has 2 heterocycles. The molecular formula is C80H72N2O2. The molecule has 12 aromatic carbocycles. The number of fused-ring (bicyclic) bond motifs is 6. The van der Waals surface area contributed by atoms with Crippen LogP contribution in [0.5, 0.6) is 0 Å². The van der Waals surface area contributed by atoms with Crippen LogP contribution in [0.15, 0.2) is 215 Å². The standard InChI is InChI=1S/C80H72N2O2/c1-11-51-23-13-15-29-57(51)61-31-19-33-63-65-35-21-37-71(79(65)83-77(61)63)81(55-27-17-25-53(43-55)47(3)4)73-45-69(49(7)8)59-40-42-68-74(46-70(50(9)10)60-39-41-67(73)75(59)76(60)68)82(56-28-18-26-54(44-56)48(5)6)72-38-22-36-66-64-34-20-32-62(78(64)84-80(66)72)58-30-16-14-24-52(58)12-2/h13-50H,11-12H2,1-10H3. The van der Waals surface area contributed by atoms with Crippen molar-refractivity contribution in [3.8, 4) is 22.3 Å². The topological polar surface area (TPSA) is 32.8 Å². The van der Waals surface area contributed by atoms with Crippen molar-refractivity contribution in [3.63, 3.8) is 0 Å². The molecule has 0 amide bonds. The minimum atomic E-state index is 0.208. The lowest BCUT2D eigenvalue weighted by atomic mass is 9.84. The van der Waals surface area contributed by atoms with Gasteiger partial charge in [0, 0.05) is 54.8 Å². The average molecular weight is 1090 g/mol. The van der Waals surface area contributed by atoms with Crippen molar-refractivity contribution in [2.75, 3.05) is 9.80 Å². The van der Waals surface area contributed by atoms with E-state index >= 15 is 0 Å². The van der Waals surface area contributed by atoms with Gasteiger partial charge < -0.3 is 18.6 Å². The average Bonchev–Trinajstić information content (AvgIpc) is 1.58. The van der Waals surface area contributed by atoms with Crippen LogP contribution in [0.2, 0.25) is 0 Å². The van der Waals surface area contributed by atoms with Gasteiger partial charge in [0.2, 0.25) is 0 Å². The summed E-state index contributed by atoms with van der Waals surface area (Å²) in [5.74, 6) is 1.06. The van der Waals surface area contributed by atoms with Crippen LogP contribution in [-0.2, 0) is 12.8 Å². The minimum absolute atomic E-state index is 0.208. The van der Waals surface area contributed by atoms with E-state index < -0.39 is 0 Å².